The van der Waals surface area contributed by atoms with Crippen LogP contribution in [0.25, 0.3) is 22.0 Å². The highest BCUT2D eigenvalue weighted by Crippen LogP contribution is 2.33. The Morgan fingerprint density at radius 1 is 1.06 bits per heavy atom. The first-order chi connectivity index (χ1) is 15.5. The third kappa shape index (κ3) is 4.29. The second kappa shape index (κ2) is 8.89. The van der Waals surface area contributed by atoms with Crippen LogP contribution in [0.15, 0.2) is 66.7 Å². The van der Waals surface area contributed by atoms with Crippen LogP contribution in [0.4, 0.5) is 10.2 Å². The van der Waals surface area contributed by atoms with Crippen LogP contribution in [-0.4, -0.2) is 29.2 Å². The van der Waals surface area contributed by atoms with Crippen LogP contribution in [0, 0.1) is 5.82 Å². The molecule has 2 N–H and O–H groups in total. The first kappa shape index (κ1) is 21.0. The van der Waals surface area contributed by atoms with Crippen LogP contribution in [0.5, 0.6) is 5.75 Å². The van der Waals surface area contributed by atoms with Gasteiger partial charge in [0.25, 0.3) is 5.91 Å². The fourth-order valence-electron chi connectivity index (χ4n) is 3.44. The third-order valence-corrected chi connectivity index (χ3v) is 4.90. The van der Waals surface area contributed by atoms with Gasteiger partial charge in [0.05, 0.1) is 12.6 Å². The molecule has 162 valence electrons. The van der Waals surface area contributed by atoms with Crippen molar-refractivity contribution >= 4 is 28.6 Å². The van der Waals surface area contributed by atoms with Crippen molar-refractivity contribution in [3.63, 3.8) is 0 Å². The van der Waals surface area contributed by atoms with Crippen molar-refractivity contribution in [2.45, 2.75) is 13.0 Å². The molecular formula is C24H20FN3O4. The summed E-state index contributed by atoms with van der Waals surface area (Å²) in [5.41, 5.74) is 2.49. The Morgan fingerprint density at radius 3 is 2.56 bits per heavy atom. The van der Waals surface area contributed by atoms with Crippen LogP contribution in [0.2, 0.25) is 0 Å². The molecule has 4 rings (SSSR count). The van der Waals surface area contributed by atoms with E-state index in [1.54, 1.807) is 54.6 Å². The van der Waals surface area contributed by atoms with E-state index < -0.39 is 18.0 Å². The third-order valence-electron chi connectivity index (χ3n) is 4.90. The second-order valence-corrected chi connectivity index (χ2v) is 7.07. The summed E-state index contributed by atoms with van der Waals surface area (Å²) in [7, 11) is 1.52. The Bertz CT molecular complexity index is 1290. The molecule has 7 nitrogen and oxygen atoms in total. The molecule has 3 aromatic carbocycles. The quantitative estimate of drug-likeness (QED) is 0.433. The molecular weight excluding hydrogens is 413 g/mol. The number of carbonyl (C=O) groups excluding carboxylic acids is 2. The highest BCUT2D eigenvalue weighted by Gasteiger charge is 2.25. The topological polar surface area (TPSA) is 93.3 Å². The number of halogens is 1. The molecule has 1 atom stereocenters. The molecule has 0 fully saturated rings. The van der Waals surface area contributed by atoms with E-state index >= 15 is 0 Å². The number of amides is 1. The van der Waals surface area contributed by atoms with Crippen molar-refractivity contribution in [2.75, 3.05) is 12.4 Å². The number of aromatic amines is 1. The number of fused-ring (bicyclic) bond motifs is 1. The minimum atomic E-state index is -1.11. The van der Waals surface area contributed by atoms with E-state index in [1.165, 1.54) is 26.2 Å². The van der Waals surface area contributed by atoms with Crippen LogP contribution < -0.4 is 10.1 Å². The Balaban J connectivity index is 1.64. The van der Waals surface area contributed by atoms with Gasteiger partial charge in [-0.3, -0.25) is 14.7 Å². The van der Waals surface area contributed by atoms with Gasteiger partial charge in [-0.25, -0.2) is 4.39 Å². The molecule has 1 amide bonds. The molecule has 0 aliphatic rings. The van der Waals surface area contributed by atoms with E-state index in [9.17, 15) is 14.0 Å². The molecule has 0 radical (unpaired) electrons. The number of anilines is 1. The van der Waals surface area contributed by atoms with Crippen LogP contribution in [0.1, 0.15) is 18.6 Å². The number of benzene rings is 3. The summed E-state index contributed by atoms with van der Waals surface area (Å²) in [4.78, 5) is 24.4. The summed E-state index contributed by atoms with van der Waals surface area (Å²) >= 11 is 0. The number of hydrogen-bond acceptors (Lipinski definition) is 5. The molecule has 0 saturated carbocycles. The first-order valence-corrected chi connectivity index (χ1v) is 9.81. The molecule has 8 heteroatoms. The van der Waals surface area contributed by atoms with E-state index in [-0.39, 0.29) is 11.6 Å². The van der Waals surface area contributed by atoms with Crippen LogP contribution in [-0.2, 0) is 14.3 Å². The Kier molecular flexibility index (Phi) is 5.85. The number of rotatable bonds is 6. The highest BCUT2D eigenvalue weighted by molar-refractivity contribution is 6.03. The zero-order chi connectivity index (χ0) is 22.7. The summed E-state index contributed by atoms with van der Waals surface area (Å²) in [6.07, 6.45) is -1.11. The zero-order valence-corrected chi connectivity index (χ0v) is 17.4. The average molecular weight is 433 g/mol. The number of nitrogens with one attached hydrogen (secondary N) is 2. The Morgan fingerprint density at radius 2 is 1.84 bits per heavy atom. The Labute approximate surface area is 183 Å². The van der Waals surface area contributed by atoms with Gasteiger partial charge in [0, 0.05) is 23.4 Å². The predicted octanol–water partition coefficient (Wildman–Crippen LogP) is 4.62. The van der Waals surface area contributed by atoms with Crippen molar-refractivity contribution in [1.29, 1.82) is 0 Å². The normalized spacial score (nSPS) is 11.7. The van der Waals surface area contributed by atoms with E-state index in [0.29, 0.717) is 27.8 Å². The lowest BCUT2D eigenvalue weighted by Crippen LogP contribution is -2.25. The molecule has 0 spiro atoms. The second-order valence-electron chi connectivity index (χ2n) is 7.07. The van der Waals surface area contributed by atoms with Crippen LogP contribution >= 0.6 is 0 Å². The van der Waals surface area contributed by atoms with E-state index in [1.807, 2.05) is 0 Å². The number of esters is 1. The number of methoxy groups -OCH3 is 1. The molecule has 0 aliphatic heterocycles. The largest absolute Gasteiger partial charge is 0.496 e. The highest BCUT2D eigenvalue weighted by atomic mass is 19.1. The molecule has 0 bridgehead atoms. The lowest BCUT2D eigenvalue weighted by atomic mass is 10.0. The van der Waals surface area contributed by atoms with Crippen molar-refractivity contribution in [3.8, 4) is 16.9 Å². The Hall–Kier alpha value is -4.20. The molecule has 1 aromatic heterocycles. The van der Waals surface area contributed by atoms with E-state index in [2.05, 4.69) is 15.5 Å². The molecule has 1 heterocycles. The number of aromatic nitrogens is 2. The van der Waals surface area contributed by atoms with Gasteiger partial charge < -0.3 is 14.8 Å². The summed E-state index contributed by atoms with van der Waals surface area (Å²) in [6.45, 7) is 1.25. The maximum atomic E-state index is 13.8. The number of ether oxygens (including phenoxy) is 2. The van der Waals surface area contributed by atoms with Gasteiger partial charge in [0.1, 0.15) is 11.6 Å². The van der Waals surface area contributed by atoms with Crippen molar-refractivity contribution in [3.05, 3.63) is 78.1 Å². The molecule has 1 unspecified atom stereocenters. The number of carbonyl (C=O) groups is 2. The van der Waals surface area contributed by atoms with Gasteiger partial charge in [-0.1, -0.05) is 36.4 Å². The van der Waals surface area contributed by atoms with Crippen molar-refractivity contribution in [1.82, 2.24) is 10.2 Å². The standard InChI is InChI=1S/C24H20FN3O4/c1-14(29)32-22(15-6-4-3-5-7-15)24(30)26-23-18-10-8-16(12-20(18)27-28-23)19-13-17(25)9-11-21(19)31-2/h3-13,22H,1-2H3,(H2,26,27,28,30). The molecule has 4 aromatic rings. The minimum Gasteiger partial charge on any atom is -0.496 e. The molecule has 0 saturated heterocycles. The van der Waals surface area contributed by atoms with Crippen molar-refractivity contribution in [2.24, 2.45) is 0 Å². The minimum absolute atomic E-state index is 0.288. The van der Waals surface area contributed by atoms with Gasteiger partial charge in [-0.2, -0.15) is 5.10 Å². The average Bonchev–Trinajstić information content (AvgIpc) is 3.19. The van der Waals surface area contributed by atoms with E-state index in [0.717, 1.165) is 5.56 Å². The zero-order valence-electron chi connectivity index (χ0n) is 17.4. The SMILES string of the molecule is COc1ccc(F)cc1-c1ccc2c(NC(=O)C(OC(C)=O)c3ccccc3)n[nH]c2c1. The predicted molar refractivity (Wildman–Crippen MR) is 118 cm³/mol. The smallest absolute Gasteiger partial charge is 0.303 e. The van der Waals surface area contributed by atoms with E-state index in [4.69, 9.17) is 9.47 Å². The van der Waals surface area contributed by atoms with Gasteiger partial charge in [-0.15, -0.1) is 0 Å². The van der Waals surface area contributed by atoms with Gasteiger partial charge in [0.15, 0.2) is 5.82 Å². The number of H-pyrrole nitrogens is 1. The lowest BCUT2D eigenvalue weighted by molar-refractivity contribution is -0.152. The summed E-state index contributed by atoms with van der Waals surface area (Å²) in [5, 5.41) is 10.4. The molecule has 32 heavy (non-hydrogen) atoms. The van der Waals surface area contributed by atoms with Gasteiger partial charge in [0.2, 0.25) is 6.10 Å². The van der Waals surface area contributed by atoms with Gasteiger partial charge >= 0.3 is 5.97 Å². The monoisotopic (exact) mass is 433 g/mol. The lowest BCUT2D eigenvalue weighted by Gasteiger charge is -2.16. The fraction of sp³-hybridized carbons (Fsp3) is 0.125. The maximum absolute atomic E-state index is 13.8. The summed E-state index contributed by atoms with van der Waals surface area (Å²) in [6, 6.07) is 18.3. The summed E-state index contributed by atoms with van der Waals surface area (Å²) in [5.74, 6) is -0.664. The molecule has 0 aliphatic carbocycles. The first-order valence-electron chi connectivity index (χ1n) is 9.81. The number of hydrogen-bond donors (Lipinski definition) is 2. The summed E-state index contributed by atoms with van der Waals surface area (Å²) < 4.78 is 24.3. The fourth-order valence-corrected chi connectivity index (χ4v) is 3.44. The maximum Gasteiger partial charge on any atom is 0.303 e. The van der Waals surface area contributed by atoms with Crippen LogP contribution in [0.3, 0.4) is 0 Å². The number of nitrogens with zero attached hydrogens (tertiary/aromatic N) is 1. The van der Waals surface area contributed by atoms with Gasteiger partial charge in [-0.05, 0) is 35.9 Å². The van der Waals surface area contributed by atoms with Crippen molar-refractivity contribution < 1.29 is 23.5 Å².